The molecular formula is C18H24N2O2S. The lowest BCUT2D eigenvalue weighted by Crippen LogP contribution is -2.32. The standard InChI is InChI=1S/C18H24N2O2S/c1-18(2,3)12-17(16-10-7-11-19-13-16)20-23(21,22)14-15-8-5-4-6-9-15/h4-11,13,17,20H,12,14H2,1-3H3/t17-/m1/s1. The van der Waals surface area contributed by atoms with Gasteiger partial charge in [-0.25, -0.2) is 13.1 Å². The zero-order valence-corrected chi connectivity index (χ0v) is 14.7. The van der Waals surface area contributed by atoms with Gasteiger partial charge in [-0.3, -0.25) is 4.98 Å². The van der Waals surface area contributed by atoms with Crippen molar-refractivity contribution >= 4 is 10.0 Å². The Morgan fingerprint density at radius 3 is 2.35 bits per heavy atom. The number of pyridine rings is 1. The molecule has 0 amide bonds. The normalized spacial score (nSPS) is 13.7. The zero-order valence-electron chi connectivity index (χ0n) is 13.9. The van der Waals surface area contributed by atoms with Crippen molar-refractivity contribution in [1.29, 1.82) is 0 Å². The Morgan fingerprint density at radius 1 is 1.09 bits per heavy atom. The quantitative estimate of drug-likeness (QED) is 0.878. The van der Waals surface area contributed by atoms with Crippen molar-refractivity contribution in [2.75, 3.05) is 0 Å². The first-order valence-electron chi connectivity index (χ1n) is 7.69. The molecule has 0 spiro atoms. The molecule has 0 aliphatic rings. The SMILES string of the molecule is CC(C)(C)C[C@@H](NS(=O)(=O)Cc1ccccc1)c1cccnc1. The van der Waals surface area contributed by atoms with Gasteiger partial charge in [-0.1, -0.05) is 57.2 Å². The molecule has 2 aromatic rings. The highest BCUT2D eigenvalue weighted by atomic mass is 32.2. The molecule has 1 heterocycles. The molecule has 0 fully saturated rings. The van der Waals surface area contributed by atoms with Crippen molar-refractivity contribution in [1.82, 2.24) is 9.71 Å². The van der Waals surface area contributed by atoms with Gasteiger partial charge in [0.2, 0.25) is 10.0 Å². The number of aromatic nitrogens is 1. The van der Waals surface area contributed by atoms with Gasteiger partial charge in [-0.15, -0.1) is 0 Å². The minimum Gasteiger partial charge on any atom is -0.264 e. The fraction of sp³-hybridized carbons (Fsp3) is 0.389. The Bertz CT molecular complexity index is 708. The van der Waals surface area contributed by atoms with Crippen LogP contribution >= 0.6 is 0 Å². The molecule has 1 N–H and O–H groups in total. The molecule has 5 heteroatoms. The van der Waals surface area contributed by atoms with E-state index in [1.165, 1.54) is 0 Å². The van der Waals surface area contributed by atoms with Crippen LogP contribution in [0.1, 0.15) is 44.4 Å². The van der Waals surface area contributed by atoms with E-state index in [1.54, 1.807) is 12.4 Å². The topological polar surface area (TPSA) is 59.1 Å². The lowest BCUT2D eigenvalue weighted by molar-refractivity contribution is 0.330. The molecule has 0 aliphatic heterocycles. The van der Waals surface area contributed by atoms with E-state index < -0.39 is 10.0 Å². The van der Waals surface area contributed by atoms with Gasteiger partial charge in [0.25, 0.3) is 0 Å². The Kier molecular flexibility index (Phi) is 5.55. The molecule has 1 aromatic carbocycles. The Morgan fingerprint density at radius 2 is 1.78 bits per heavy atom. The highest BCUT2D eigenvalue weighted by molar-refractivity contribution is 7.88. The molecule has 0 saturated heterocycles. The smallest absolute Gasteiger partial charge is 0.216 e. The summed E-state index contributed by atoms with van der Waals surface area (Å²) in [5.74, 6) is -0.0191. The van der Waals surface area contributed by atoms with Gasteiger partial charge in [-0.05, 0) is 29.0 Å². The third-order valence-corrected chi connectivity index (χ3v) is 4.78. The van der Waals surface area contributed by atoms with Crippen LogP contribution in [-0.2, 0) is 15.8 Å². The fourth-order valence-electron chi connectivity index (χ4n) is 2.47. The average Bonchev–Trinajstić information content (AvgIpc) is 2.46. The molecule has 0 saturated carbocycles. The van der Waals surface area contributed by atoms with Crippen LogP contribution in [0.25, 0.3) is 0 Å². The average molecular weight is 332 g/mol. The van der Waals surface area contributed by atoms with E-state index in [1.807, 2.05) is 42.5 Å². The number of nitrogens with one attached hydrogen (secondary N) is 1. The minimum absolute atomic E-state index is 0.00419. The maximum absolute atomic E-state index is 12.5. The van der Waals surface area contributed by atoms with E-state index in [9.17, 15) is 8.42 Å². The van der Waals surface area contributed by atoms with Gasteiger partial charge >= 0.3 is 0 Å². The maximum atomic E-state index is 12.5. The Hall–Kier alpha value is -1.72. The fourth-order valence-corrected chi connectivity index (χ4v) is 3.84. The van der Waals surface area contributed by atoms with E-state index in [0.717, 1.165) is 11.1 Å². The molecule has 0 unspecified atom stereocenters. The molecule has 124 valence electrons. The molecule has 4 nitrogen and oxygen atoms in total. The van der Waals surface area contributed by atoms with Crippen LogP contribution in [-0.4, -0.2) is 13.4 Å². The van der Waals surface area contributed by atoms with Gasteiger partial charge in [-0.2, -0.15) is 0 Å². The molecule has 1 atom stereocenters. The summed E-state index contributed by atoms with van der Waals surface area (Å²) in [6.07, 6.45) is 4.12. The predicted octanol–water partition coefficient (Wildman–Crippen LogP) is 3.68. The van der Waals surface area contributed by atoms with Crippen LogP contribution in [0.5, 0.6) is 0 Å². The highest BCUT2D eigenvalue weighted by Crippen LogP contribution is 2.29. The maximum Gasteiger partial charge on any atom is 0.216 e. The van der Waals surface area contributed by atoms with Crippen molar-refractivity contribution in [3.63, 3.8) is 0 Å². The van der Waals surface area contributed by atoms with Gasteiger partial charge in [0.05, 0.1) is 5.75 Å². The summed E-state index contributed by atoms with van der Waals surface area (Å²) in [4.78, 5) is 4.11. The summed E-state index contributed by atoms with van der Waals surface area (Å²) in [5, 5.41) is 0. The monoisotopic (exact) mass is 332 g/mol. The van der Waals surface area contributed by atoms with Gasteiger partial charge in [0.1, 0.15) is 0 Å². The second-order valence-electron chi connectivity index (χ2n) is 6.97. The predicted molar refractivity (Wildman–Crippen MR) is 93.3 cm³/mol. The van der Waals surface area contributed by atoms with E-state index in [4.69, 9.17) is 0 Å². The van der Waals surface area contributed by atoms with E-state index >= 15 is 0 Å². The van der Waals surface area contributed by atoms with Crippen LogP contribution < -0.4 is 4.72 Å². The number of nitrogens with zero attached hydrogens (tertiary/aromatic N) is 1. The summed E-state index contributed by atoms with van der Waals surface area (Å²) in [6.45, 7) is 6.30. The van der Waals surface area contributed by atoms with Gasteiger partial charge in [0.15, 0.2) is 0 Å². The van der Waals surface area contributed by atoms with Crippen LogP contribution in [0.2, 0.25) is 0 Å². The number of sulfonamides is 1. The number of hydrogen-bond acceptors (Lipinski definition) is 3. The third kappa shape index (κ3) is 6.12. The lowest BCUT2D eigenvalue weighted by atomic mass is 9.86. The molecule has 0 radical (unpaired) electrons. The van der Waals surface area contributed by atoms with Gasteiger partial charge in [0, 0.05) is 18.4 Å². The van der Waals surface area contributed by atoms with Crippen molar-refractivity contribution < 1.29 is 8.42 Å². The molecular weight excluding hydrogens is 308 g/mol. The first kappa shape index (κ1) is 17.6. The van der Waals surface area contributed by atoms with E-state index in [-0.39, 0.29) is 17.2 Å². The summed E-state index contributed by atoms with van der Waals surface area (Å²) in [5.41, 5.74) is 1.66. The van der Waals surface area contributed by atoms with Crippen molar-refractivity contribution in [2.45, 2.75) is 39.0 Å². The first-order valence-corrected chi connectivity index (χ1v) is 9.34. The molecule has 23 heavy (non-hydrogen) atoms. The molecule has 0 aliphatic carbocycles. The second kappa shape index (κ2) is 7.23. The molecule has 1 aromatic heterocycles. The van der Waals surface area contributed by atoms with Gasteiger partial charge < -0.3 is 0 Å². The molecule has 2 rings (SSSR count). The number of benzene rings is 1. The van der Waals surface area contributed by atoms with E-state index in [2.05, 4.69) is 30.5 Å². The second-order valence-corrected chi connectivity index (χ2v) is 8.72. The highest BCUT2D eigenvalue weighted by Gasteiger charge is 2.25. The number of rotatable bonds is 6. The van der Waals surface area contributed by atoms with Crippen molar-refractivity contribution in [2.24, 2.45) is 5.41 Å². The third-order valence-electron chi connectivity index (χ3n) is 3.42. The van der Waals surface area contributed by atoms with Crippen LogP contribution in [0.4, 0.5) is 0 Å². The van der Waals surface area contributed by atoms with Crippen LogP contribution in [0.3, 0.4) is 0 Å². The number of hydrogen-bond donors (Lipinski definition) is 1. The summed E-state index contributed by atoms with van der Waals surface area (Å²) in [6, 6.07) is 12.7. The lowest BCUT2D eigenvalue weighted by Gasteiger charge is -2.27. The zero-order chi connectivity index (χ0) is 16.9. The minimum atomic E-state index is -3.43. The Balaban J connectivity index is 2.19. The summed E-state index contributed by atoms with van der Waals surface area (Å²) in [7, 11) is -3.43. The van der Waals surface area contributed by atoms with E-state index in [0.29, 0.717) is 6.42 Å². The largest absolute Gasteiger partial charge is 0.264 e. The molecule has 0 bridgehead atoms. The van der Waals surface area contributed by atoms with Crippen molar-refractivity contribution in [3.8, 4) is 0 Å². The van der Waals surface area contributed by atoms with Crippen LogP contribution in [0, 0.1) is 5.41 Å². The summed E-state index contributed by atoms with van der Waals surface area (Å²) < 4.78 is 27.9. The first-order chi connectivity index (χ1) is 10.8. The summed E-state index contributed by atoms with van der Waals surface area (Å²) >= 11 is 0. The Labute approximate surface area is 139 Å². The van der Waals surface area contributed by atoms with Crippen LogP contribution in [0.15, 0.2) is 54.9 Å². The van der Waals surface area contributed by atoms with Crippen molar-refractivity contribution in [3.05, 3.63) is 66.0 Å².